The number of fused-ring (bicyclic) bond motifs is 1. The van der Waals surface area contributed by atoms with Gasteiger partial charge in [0.05, 0.1) is 5.92 Å². The number of nitrogens with zero attached hydrogens (tertiary/aromatic N) is 1. The van der Waals surface area contributed by atoms with E-state index in [0.29, 0.717) is 0 Å². The van der Waals surface area contributed by atoms with Crippen LogP contribution in [0.15, 0.2) is 42.2 Å². The van der Waals surface area contributed by atoms with Crippen molar-refractivity contribution < 1.29 is 9.90 Å². The van der Waals surface area contributed by atoms with Crippen molar-refractivity contribution in [2.24, 2.45) is 0 Å². The molecule has 23 heavy (non-hydrogen) atoms. The van der Waals surface area contributed by atoms with Crippen LogP contribution in [-0.4, -0.2) is 28.0 Å². The fourth-order valence-electron chi connectivity index (χ4n) is 3.24. The van der Waals surface area contributed by atoms with Crippen LogP contribution < -0.4 is 5.32 Å². The zero-order valence-electron chi connectivity index (χ0n) is 14.0. The quantitative estimate of drug-likeness (QED) is 0.882. The van der Waals surface area contributed by atoms with Crippen molar-refractivity contribution >= 4 is 5.91 Å². The number of amides is 1. The van der Waals surface area contributed by atoms with Crippen molar-refractivity contribution in [3.05, 3.63) is 53.4 Å². The molecule has 1 heterocycles. The van der Waals surface area contributed by atoms with Crippen molar-refractivity contribution in [3.8, 4) is 5.75 Å². The monoisotopic (exact) mass is 312 g/mol. The summed E-state index contributed by atoms with van der Waals surface area (Å²) in [7, 11) is 0. The van der Waals surface area contributed by atoms with Crippen LogP contribution in [0.1, 0.15) is 44.2 Å². The van der Waals surface area contributed by atoms with Crippen LogP contribution in [0.5, 0.6) is 5.75 Å². The fraction of sp³-hybridized carbons (Fsp3) is 0.421. The normalized spacial score (nSPS) is 20.2. The summed E-state index contributed by atoms with van der Waals surface area (Å²) in [5, 5.41) is 13.1. The molecule has 2 aliphatic rings. The first kappa shape index (κ1) is 15.7. The molecule has 1 aliphatic heterocycles. The first-order chi connectivity index (χ1) is 10.9. The van der Waals surface area contributed by atoms with Gasteiger partial charge in [0.1, 0.15) is 5.75 Å². The number of phenolic OH excluding ortho intramolecular Hbond substituents is 1. The Balaban J connectivity index is 1.69. The van der Waals surface area contributed by atoms with E-state index in [1.54, 1.807) is 6.07 Å². The first-order valence-electron chi connectivity index (χ1n) is 8.13. The van der Waals surface area contributed by atoms with Gasteiger partial charge in [-0.15, -0.1) is 0 Å². The average molecular weight is 312 g/mol. The van der Waals surface area contributed by atoms with Crippen LogP contribution in [0.3, 0.4) is 0 Å². The van der Waals surface area contributed by atoms with E-state index in [1.807, 2.05) is 30.5 Å². The molecule has 0 aromatic heterocycles. The van der Waals surface area contributed by atoms with Gasteiger partial charge in [0, 0.05) is 29.5 Å². The Hall–Kier alpha value is -2.23. The summed E-state index contributed by atoms with van der Waals surface area (Å²) in [4.78, 5) is 14.8. The molecule has 0 bridgehead atoms. The van der Waals surface area contributed by atoms with Crippen molar-refractivity contribution in [3.63, 3.8) is 0 Å². The Kier molecular flexibility index (Phi) is 3.92. The molecule has 0 fully saturated rings. The highest BCUT2D eigenvalue weighted by Crippen LogP contribution is 2.39. The van der Waals surface area contributed by atoms with Crippen LogP contribution >= 0.6 is 0 Å². The molecule has 1 unspecified atom stereocenters. The van der Waals surface area contributed by atoms with Gasteiger partial charge in [0.25, 0.3) is 0 Å². The maximum Gasteiger partial charge on any atom is 0.232 e. The lowest BCUT2D eigenvalue weighted by Crippen LogP contribution is -2.39. The first-order valence-corrected chi connectivity index (χ1v) is 8.13. The van der Waals surface area contributed by atoms with Gasteiger partial charge >= 0.3 is 0 Å². The highest BCUT2D eigenvalue weighted by atomic mass is 16.3. The number of benzene rings is 1. The van der Waals surface area contributed by atoms with Crippen molar-refractivity contribution in [2.45, 2.75) is 45.1 Å². The number of hydrogen-bond acceptors (Lipinski definition) is 3. The Labute approximate surface area is 137 Å². The van der Waals surface area contributed by atoms with Gasteiger partial charge in [-0.2, -0.15) is 0 Å². The smallest absolute Gasteiger partial charge is 0.232 e. The predicted octanol–water partition coefficient (Wildman–Crippen LogP) is 3.05. The van der Waals surface area contributed by atoms with Crippen LogP contribution in [0.2, 0.25) is 0 Å². The second kappa shape index (κ2) is 5.76. The maximum atomic E-state index is 12.6. The number of rotatable bonds is 2. The molecular weight excluding hydrogens is 288 g/mol. The van der Waals surface area contributed by atoms with Gasteiger partial charge in [-0.3, -0.25) is 4.79 Å². The van der Waals surface area contributed by atoms with Crippen LogP contribution in [-0.2, 0) is 11.2 Å². The molecule has 122 valence electrons. The van der Waals surface area contributed by atoms with E-state index in [4.69, 9.17) is 0 Å². The van der Waals surface area contributed by atoms with Crippen LogP contribution in [0, 0.1) is 0 Å². The van der Waals surface area contributed by atoms with Gasteiger partial charge in [-0.05, 0) is 57.4 Å². The molecule has 0 saturated heterocycles. The minimum Gasteiger partial charge on any atom is -0.508 e. The molecule has 4 heteroatoms. The van der Waals surface area contributed by atoms with Gasteiger partial charge in [0.2, 0.25) is 5.91 Å². The molecule has 0 radical (unpaired) electrons. The fourth-order valence-corrected chi connectivity index (χ4v) is 3.24. The number of phenols is 1. The van der Waals surface area contributed by atoms with E-state index >= 15 is 0 Å². The minimum absolute atomic E-state index is 0.0367. The zero-order valence-corrected chi connectivity index (χ0v) is 14.0. The summed E-state index contributed by atoms with van der Waals surface area (Å²) < 4.78 is 0. The van der Waals surface area contributed by atoms with Crippen LogP contribution in [0.4, 0.5) is 0 Å². The number of allylic oxidation sites excluding steroid dienone is 1. The van der Waals surface area contributed by atoms with E-state index < -0.39 is 0 Å². The third-order valence-corrected chi connectivity index (χ3v) is 4.61. The molecule has 1 atom stereocenters. The maximum absolute atomic E-state index is 12.6. The number of aromatic hydroxyl groups is 1. The summed E-state index contributed by atoms with van der Waals surface area (Å²) in [6, 6.07) is 5.48. The molecule has 4 nitrogen and oxygen atoms in total. The predicted molar refractivity (Wildman–Crippen MR) is 91.0 cm³/mol. The highest BCUT2D eigenvalue weighted by Gasteiger charge is 2.31. The van der Waals surface area contributed by atoms with E-state index in [-0.39, 0.29) is 23.1 Å². The third kappa shape index (κ3) is 3.11. The SMILES string of the molecule is CC(C)(C)N1C=CC(NC(=O)C2CCc3cccc(O)c32)=CC1. The zero-order chi connectivity index (χ0) is 16.6. The molecule has 2 N–H and O–H groups in total. The van der Waals surface area contributed by atoms with E-state index in [9.17, 15) is 9.90 Å². The Morgan fingerprint density at radius 3 is 2.78 bits per heavy atom. The van der Waals surface area contributed by atoms with Crippen molar-refractivity contribution in [2.75, 3.05) is 6.54 Å². The second-order valence-corrected chi connectivity index (χ2v) is 7.23. The lowest BCUT2D eigenvalue weighted by atomic mass is 9.99. The summed E-state index contributed by atoms with van der Waals surface area (Å²) in [5.74, 6) is -0.0706. The summed E-state index contributed by atoms with van der Waals surface area (Å²) in [6.07, 6.45) is 7.59. The Bertz CT molecular complexity index is 683. The Morgan fingerprint density at radius 2 is 2.13 bits per heavy atom. The lowest BCUT2D eigenvalue weighted by molar-refractivity contribution is -0.121. The number of hydrogen-bond donors (Lipinski definition) is 2. The van der Waals surface area contributed by atoms with Gasteiger partial charge in [0.15, 0.2) is 0 Å². The van der Waals surface area contributed by atoms with E-state index in [0.717, 1.165) is 36.2 Å². The molecule has 1 aromatic carbocycles. The van der Waals surface area contributed by atoms with Crippen LogP contribution in [0.25, 0.3) is 0 Å². The average Bonchev–Trinajstić information content (AvgIpc) is 2.92. The number of aryl methyl sites for hydroxylation is 1. The Morgan fingerprint density at radius 1 is 1.35 bits per heavy atom. The topological polar surface area (TPSA) is 52.6 Å². The number of carbonyl (C=O) groups excluding carboxylic acids is 1. The summed E-state index contributed by atoms with van der Waals surface area (Å²) >= 11 is 0. The number of carbonyl (C=O) groups is 1. The standard InChI is InChI=1S/C19H24N2O2/c1-19(2,3)21-11-9-14(10-12-21)20-18(23)15-8-7-13-5-4-6-16(22)17(13)15/h4-6,9-11,15,22H,7-8,12H2,1-3H3,(H,20,23). The van der Waals surface area contributed by atoms with Gasteiger partial charge in [-0.1, -0.05) is 12.1 Å². The minimum atomic E-state index is -0.263. The van der Waals surface area contributed by atoms with E-state index in [1.165, 1.54) is 0 Å². The molecule has 0 saturated carbocycles. The molecule has 1 amide bonds. The second-order valence-electron chi connectivity index (χ2n) is 7.23. The molecule has 3 rings (SSSR count). The lowest BCUT2D eigenvalue weighted by Gasteiger charge is -2.35. The highest BCUT2D eigenvalue weighted by molar-refractivity contribution is 5.87. The van der Waals surface area contributed by atoms with E-state index in [2.05, 4.69) is 31.0 Å². The largest absolute Gasteiger partial charge is 0.508 e. The third-order valence-electron chi connectivity index (χ3n) is 4.61. The summed E-state index contributed by atoms with van der Waals surface area (Å²) in [6.45, 7) is 7.26. The molecule has 0 spiro atoms. The molecular formula is C19H24N2O2. The van der Waals surface area contributed by atoms with Gasteiger partial charge in [-0.25, -0.2) is 0 Å². The molecule has 1 aromatic rings. The van der Waals surface area contributed by atoms with Crippen molar-refractivity contribution in [1.29, 1.82) is 0 Å². The summed E-state index contributed by atoms with van der Waals surface area (Å²) in [5.41, 5.74) is 2.77. The van der Waals surface area contributed by atoms with Gasteiger partial charge < -0.3 is 15.3 Å². The number of nitrogens with one attached hydrogen (secondary N) is 1. The molecule has 1 aliphatic carbocycles. The van der Waals surface area contributed by atoms with Crippen molar-refractivity contribution in [1.82, 2.24) is 10.2 Å².